The average Bonchev–Trinajstić information content (AvgIpc) is 3.07. The Bertz CT molecular complexity index is 567. The minimum Gasteiger partial charge on any atom is -0.494 e. The highest BCUT2D eigenvalue weighted by Gasteiger charge is 2.49. The van der Waals surface area contributed by atoms with Gasteiger partial charge in [0.2, 0.25) is 0 Å². The van der Waals surface area contributed by atoms with E-state index in [1.54, 1.807) is 0 Å². The van der Waals surface area contributed by atoms with Crippen molar-refractivity contribution in [2.45, 2.75) is 84.1 Å². The highest BCUT2D eigenvalue weighted by Crippen LogP contribution is 2.52. The van der Waals surface area contributed by atoms with Crippen molar-refractivity contribution in [1.29, 1.82) is 0 Å². The Hall–Kier alpha value is -1.02. The van der Waals surface area contributed by atoms with Crippen LogP contribution in [0, 0.1) is 11.8 Å². The zero-order valence-electron chi connectivity index (χ0n) is 17.5. The summed E-state index contributed by atoms with van der Waals surface area (Å²) in [5.74, 6) is 2.77. The van der Waals surface area contributed by atoms with Crippen LogP contribution in [0.5, 0.6) is 5.75 Å². The first-order valence-corrected chi connectivity index (χ1v) is 11.1. The number of nitrogens with zero attached hydrogens (tertiary/aromatic N) is 1. The van der Waals surface area contributed by atoms with Gasteiger partial charge in [-0.25, -0.2) is 0 Å². The molecule has 3 unspecified atom stereocenters. The molecular weight excluding hydrogens is 318 g/mol. The van der Waals surface area contributed by atoms with Crippen LogP contribution >= 0.6 is 0 Å². The largest absolute Gasteiger partial charge is 0.494 e. The predicted molar refractivity (Wildman–Crippen MR) is 111 cm³/mol. The maximum atomic E-state index is 5.81. The lowest BCUT2D eigenvalue weighted by Crippen LogP contribution is -2.52. The number of likely N-dealkylation sites (tertiary alicyclic amines) is 1. The van der Waals surface area contributed by atoms with Gasteiger partial charge in [0.25, 0.3) is 0 Å². The molecule has 1 aromatic rings. The molecule has 2 aliphatic rings. The Kier molecular flexibility index (Phi) is 6.66. The molecule has 1 saturated carbocycles. The molecule has 2 heteroatoms. The number of rotatable bonds is 8. The summed E-state index contributed by atoms with van der Waals surface area (Å²) in [7, 11) is 0. The standard InChI is InChI=1S/C24H39NO/c1-5-20(6-2)13-15-25-18-22-11-9-14-24(22,17-19(25)4)21-10-8-12-23(16-21)26-7-3/h8,10,12,16,19-20,22H,5-7,9,11,13-15,17-18H2,1-4H3. The fourth-order valence-corrected chi connectivity index (χ4v) is 5.72. The van der Waals surface area contributed by atoms with Crippen molar-refractivity contribution in [2.24, 2.45) is 11.8 Å². The van der Waals surface area contributed by atoms with Crippen LogP contribution in [0.25, 0.3) is 0 Å². The molecule has 1 aliphatic heterocycles. The van der Waals surface area contributed by atoms with E-state index in [0.717, 1.165) is 24.2 Å². The summed E-state index contributed by atoms with van der Waals surface area (Å²) in [6.07, 6.45) is 9.49. The molecule has 26 heavy (non-hydrogen) atoms. The Morgan fingerprint density at radius 2 is 2.04 bits per heavy atom. The molecule has 0 spiro atoms. The van der Waals surface area contributed by atoms with E-state index in [2.05, 4.69) is 56.9 Å². The van der Waals surface area contributed by atoms with Crippen molar-refractivity contribution in [3.8, 4) is 5.75 Å². The second-order valence-electron chi connectivity index (χ2n) is 8.73. The third kappa shape index (κ3) is 3.96. The summed E-state index contributed by atoms with van der Waals surface area (Å²) in [6, 6.07) is 9.72. The first kappa shape index (κ1) is 19.7. The van der Waals surface area contributed by atoms with Gasteiger partial charge in [0, 0.05) is 18.0 Å². The van der Waals surface area contributed by atoms with Crippen molar-refractivity contribution < 1.29 is 4.74 Å². The predicted octanol–water partition coefficient (Wildman–Crippen LogP) is 6.04. The van der Waals surface area contributed by atoms with Crippen molar-refractivity contribution in [2.75, 3.05) is 19.7 Å². The number of piperidine rings is 1. The smallest absolute Gasteiger partial charge is 0.119 e. The summed E-state index contributed by atoms with van der Waals surface area (Å²) < 4.78 is 5.81. The number of ether oxygens (including phenoxy) is 1. The normalized spacial score (nSPS) is 29.1. The van der Waals surface area contributed by atoms with Gasteiger partial charge in [0.05, 0.1) is 6.61 Å². The van der Waals surface area contributed by atoms with E-state index in [-0.39, 0.29) is 0 Å². The lowest BCUT2D eigenvalue weighted by atomic mass is 9.65. The van der Waals surface area contributed by atoms with E-state index >= 15 is 0 Å². The van der Waals surface area contributed by atoms with Crippen LogP contribution in [0.2, 0.25) is 0 Å². The Labute approximate surface area is 161 Å². The van der Waals surface area contributed by atoms with Gasteiger partial charge >= 0.3 is 0 Å². The van der Waals surface area contributed by atoms with Crippen LogP contribution in [0.15, 0.2) is 24.3 Å². The molecular formula is C24H39NO. The molecule has 146 valence electrons. The molecule has 0 aromatic heterocycles. The quantitative estimate of drug-likeness (QED) is 0.562. The third-order valence-electron chi connectivity index (χ3n) is 7.39. The SMILES string of the molecule is CCOc1cccc(C23CCCC2CN(CCC(CC)CC)C(C)C3)c1. The Morgan fingerprint density at radius 3 is 2.77 bits per heavy atom. The third-order valence-corrected chi connectivity index (χ3v) is 7.39. The molecule has 2 fully saturated rings. The van der Waals surface area contributed by atoms with Gasteiger partial charge in [-0.1, -0.05) is 45.2 Å². The second-order valence-corrected chi connectivity index (χ2v) is 8.73. The molecule has 0 amide bonds. The summed E-state index contributed by atoms with van der Waals surface area (Å²) in [4.78, 5) is 2.80. The van der Waals surface area contributed by atoms with Crippen LogP contribution < -0.4 is 4.74 Å². The first-order valence-electron chi connectivity index (χ1n) is 11.1. The molecule has 0 bridgehead atoms. The summed E-state index contributed by atoms with van der Waals surface area (Å²) in [5.41, 5.74) is 1.93. The summed E-state index contributed by atoms with van der Waals surface area (Å²) in [6.45, 7) is 12.6. The van der Waals surface area contributed by atoms with E-state index in [4.69, 9.17) is 4.74 Å². The second kappa shape index (κ2) is 8.78. The van der Waals surface area contributed by atoms with Gasteiger partial charge in [0.15, 0.2) is 0 Å². The highest BCUT2D eigenvalue weighted by molar-refractivity contribution is 5.36. The lowest BCUT2D eigenvalue weighted by molar-refractivity contribution is 0.0584. The van der Waals surface area contributed by atoms with Crippen LogP contribution in [0.1, 0.15) is 78.2 Å². The van der Waals surface area contributed by atoms with Crippen molar-refractivity contribution >= 4 is 0 Å². The molecule has 2 nitrogen and oxygen atoms in total. The lowest BCUT2D eigenvalue weighted by Gasteiger charge is -2.49. The van der Waals surface area contributed by atoms with Gasteiger partial charge in [-0.15, -0.1) is 0 Å². The Morgan fingerprint density at radius 1 is 1.23 bits per heavy atom. The fraction of sp³-hybridized carbons (Fsp3) is 0.750. The molecule has 1 aromatic carbocycles. The first-order chi connectivity index (χ1) is 12.6. The monoisotopic (exact) mass is 357 g/mol. The minimum atomic E-state index is 0.387. The van der Waals surface area contributed by atoms with Gasteiger partial charge in [0.1, 0.15) is 5.75 Å². The number of benzene rings is 1. The van der Waals surface area contributed by atoms with Gasteiger partial charge in [-0.05, 0) is 75.6 Å². The van der Waals surface area contributed by atoms with Gasteiger partial charge in [-0.2, -0.15) is 0 Å². The number of fused-ring (bicyclic) bond motifs is 1. The van der Waals surface area contributed by atoms with Crippen molar-refractivity contribution in [3.05, 3.63) is 29.8 Å². The average molecular weight is 358 g/mol. The zero-order chi connectivity index (χ0) is 18.6. The van der Waals surface area contributed by atoms with E-state index in [1.807, 2.05) is 0 Å². The molecule has 3 rings (SSSR count). The Balaban J connectivity index is 1.74. The molecule has 0 radical (unpaired) electrons. The number of hydrogen-bond acceptors (Lipinski definition) is 2. The molecule has 1 heterocycles. The van der Waals surface area contributed by atoms with Crippen molar-refractivity contribution in [1.82, 2.24) is 4.90 Å². The van der Waals surface area contributed by atoms with Crippen LogP contribution in [0.3, 0.4) is 0 Å². The maximum Gasteiger partial charge on any atom is 0.119 e. The summed E-state index contributed by atoms with van der Waals surface area (Å²) in [5, 5.41) is 0. The summed E-state index contributed by atoms with van der Waals surface area (Å²) >= 11 is 0. The van der Waals surface area contributed by atoms with E-state index in [1.165, 1.54) is 63.6 Å². The van der Waals surface area contributed by atoms with E-state index < -0.39 is 0 Å². The topological polar surface area (TPSA) is 12.5 Å². The number of hydrogen-bond donors (Lipinski definition) is 0. The minimum absolute atomic E-state index is 0.387. The van der Waals surface area contributed by atoms with Crippen LogP contribution in [-0.4, -0.2) is 30.6 Å². The van der Waals surface area contributed by atoms with Crippen LogP contribution in [0.4, 0.5) is 0 Å². The van der Waals surface area contributed by atoms with Gasteiger partial charge in [-0.3, -0.25) is 0 Å². The fourth-order valence-electron chi connectivity index (χ4n) is 5.72. The van der Waals surface area contributed by atoms with Crippen molar-refractivity contribution in [3.63, 3.8) is 0 Å². The van der Waals surface area contributed by atoms with Gasteiger partial charge < -0.3 is 9.64 Å². The van der Waals surface area contributed by atoms with Crippen LogP contribution in [-0.2, 0) is 5.41 Å². The molecule has 0 N–H and O–H groups in total. The molecule has 3 atom stereocenters. The maximum absolute atomic E-state index is 5.81. The molecule has 1 saturated heterocycles. The highest BCUT2D eigenvalue weighted by atomic mass is 16.5. The van der Waals surface area contributed by atoms with E-state index in [0.29, 0.717) is 11.5 Å². The zero-order valence-corrected chi connectivity index (χ0v) is 17.5. The van der Waals surface area contributed by atoms with E-state index in [9.17, 15) is 0 Å². The molecule has 1 aliphatic carbocycles.